The van der Waals surface area contributed by atoms with E-state index in [9.17, 15) is 9.59 Å². The monoisotopic (exact) mass is 510 g/mol. The van der Waals surface area contributed by atoms with Gasteiger partial charge in [-0.25, -0.2) is 9.79 Å². The maximum absolute atomic E-state index is 12.3. The first kappa shape index (κ1) is 22.2. The smallest absolute Gasteiger partial charge is 0.341 e. The number of carboxylic acid groups (broad SMARTS) is 1. The summed E-state index contributed by atoms with van der Waals surface area (Å²) in [7, 11) is 0. The third-order valence-electron chi connectivity index (χ3n) is 3.69. The number of aliphatic imine (C=N–C) groups is 1. The van der Waals surface area contributed by atoms with E-state index in [0.717, 1.165) is 5.75 Å². The lowest BCUT2D eigenvalue weighted by molar-refractivity contribution is -0.139. The van der Waals surface area contributed by atoms with Crippen LogP contribution in [0.5, 0.6) is 11.5 Å². The van der Waals surface area contributed by atoms with Gasteiger partial charge in [-0.1, -0.05) is 11.6 Å². The molecule has 0 atom stereocenters. The van der Waals surface area contributed by atoms with Gasteiger partial charge in [-0.05, 0) is 82.7 Å². The van der Waals surface area contributed by atoms with E-state index in [1.807, 2.05) is 19.1 Å². The van der Waals surface area contributed by atoms with Gasteiger partial charge in [0.05, 0.1) is 26.7 Å². The van der Waals surface area contributed by atoms with Crippen molar-refractivity contribution in [3.63, 3.8) is 0 Å². The number of amidine groups is 1. The van der Waals surface area contributed by atoms with Crippen LogP contribution in [0.15, 0.2) is 50.8 Å². The standard InChI is InChI=1S/C20H16BrClN2O5S/c1-2-28-13-5-3-12(4-6-13)23-20-24-19(27)16(30-20)9-11-7-14(21)18(15(22)8-11)29-10-17(25)26/h3-9H,2,10H2,1H3,(H,25,26)(H,23,24,27)/b16-9+. The van der Waals surface area contributed by atoms with Crippen molar-refractivity contribution in [1.29, 1.82) is 0 Å². The minimum Gasteiger partial charge on any atom is -0.494 e. The van der Waals surface area contributed by atoms with E-state index in [-0.39, 0.29) is 16.7 Å². The molecule has 0 aliphatic carbocycles. The van der Waals surface area contributed by atoms with Crippen LogP contribution in [0, 0.1) is 0 Å². The highest BCUT2D eigenvalue weighted by Crippen LogP contribution is 2.36. The SMILES string of the molecule is CCOc1ccc(N=C2NC(=O)/C(=C\c3cc(Cl)c(OCC(=O)O)c(Br)c3)S2)cc1. The van der Waals surface area contributed by atoms with Crippen LogP contribution in [0.25, 0.3) is 6.08 Å². The van der Waals surface area contributed by atoms with Crippen molar-refractivity contribution in [3.8, 4) is 11.5 Å². The van der Waals surface area contributed by atoms with Gasteiger partial charge in [-0.3, -0.25) is 4.79 Å². The van der Waals surface area contributed by atoms with Crippen LogP contribution in [0.1, 0.15) is 12.5 Å². The van der Waals surface area contributed by atoms with E-state index in [4.69, 9.17) is 26.2 Å². The summed E-state index contributed by atoms with van der Waals surface area (Å²) >= 11 is 10.7. The third-order valence-corrected chi connectivity index (χ3v) is 5.47. The topological polar surface area (TPSA) is 97.2 Å². The zero-order valence-corrected chi connectivity index (χ0v) is 18.8. The summed E-state index contributed by atoms with van der Waals surface area (Å²) in [4.78, 5) is 27.9. The van der Waals surface area contributed by atoms with Crippen molar-refractivity contribution in [2.24, 2.45) is 4.99 Å². The van der Waals surface area contributed by atoms with Crippen LogP contribution >= 0.6 is 39.3 Å². The van der Waals surface area contributed by atoms with Crippen molar-refractivity contribution < 1.29 is 24.2 Å². The van der Waals surface area contributed by atoms with Crippen LogP contribution in [0.2, 0.25) is 5.02 Å². The minimum absolute atomic E-state index is 0.225. The number of carbonyl (C=O) groups is 2. The van der Waals surface area contributed by atoms with E-state index >= 15 is 0 Å². The van der Waals surface area contributed by atoms with E-state index in [0.29, 0.717) is 32.4 Å². The molecule has 2 aromatic rings. The Morgan fingerprint density at radius 1 is 1.30 bits per heavy atom. The lowest BCUT2D eigenvalue weighted by Crippen LogP contribution is -2.19. The molecule has 1 aliphatic heterocycles. The van der Waals surface area contributed by atoms with Crippen LogP contribution in [0.3, 0.4) is 0 Å². The first-order valence-electron chi connectivity index (χ1n) is 8.71. The van der Waals surface area contributed by atoms with Gasteiger partial charge in [0.2, 0.25) is 0 Å². The number of thioether (sulfide) groups is 1. The second-order valence-corrected chi connectivity index (χ2v) is 8.20. The van der Waals surface area contributed by atoms with Crippen molar-refractivity contribution in [2.45, 2.75) is 6.92 Å². The summed E-state index contributed by atoms with van der Waals surface area (Å²) in [5, 5.41) is 12.2. The van der Waals surface area contributed by atoms with E-state index in [1.165, 1.54) is 11.8 Å². The lowest BCUT2D eigenvalue weighted by Gasteiger charge is -2.09. The van der Waals surface area contributed by atoms with E-state index in [1.54, 1.807) is 30.3 Å². The summed E-state index contributed by atoms with van der Waals surface area (Å²) in [5.41, 5.74) is 1.34. The van der Waals surface area contributed by atoms with Gasteiger partial charge in [0, 0.05) is 0 Å². The fourth-order valence-electron chi connectivity index (χ4n) is 2.47. The summed E-state index contributed by atoms with van der Waals surface area (Å²) in [6.07, 6.45) is 1.67. The van der Waals surface area contributed by atoms with E-state index < -0.39 is 12.6 Å². The molecule has 1 heterocycles. The molecule has 0 spiro atoms. The molecule has 30 heavy (non-hydrogen) atoms. The van der Waals surface area contributed by atoms with Gasteiger partial charge in [-0.2, -0.15) is 0 Å². The number of hydrogen-bond donors (Lipinski definition) is 2. The van der Waals surface area contributed by atoms with Gasteiger partial charge in [0.15, 0.2) is 17.5 Å². The average Bonchev–Trinajstić information content (AvgIpc) is 3.01. The van der Waals surface area contributed by atoms with Crippen LogP contribution < -0.4 is 14.8 Å². The van der Waals surface area contributed by atoms with Gasteiger partial charge in [0.1, 0.15) is 5.75 Å². The molecule has 7 nitrogen and oxygen atoms in total. The van der Waals surface area contributed by atoms with Gasteiger partial charge >= 0.3 is 5.97 Å². The summed E-state index contributed by atoms with van der Waals surface area (Å²) in [5.74, 6) is -0.406. The molecular weight excluding hydrogens is 496 g/mol. The quantitative estimate of drug-likeness (QED) is 0.516. The highest BCUT2D eigenvalue weighted by Gasteiger charge is 2.24. The Morgan fingerprint density at radius 2 is 2.03 bits per heavy atom. The number of rotatable bonds is 7. The molecule has 0 bridgehead atoms. The lowest BCUT2D eigenvalue weighted by atomic mass is 10.2. The molecule has 10 heteroatoms. The highest BCUT2D eigenvalue weighted by atomic mass is 79.9. The first-order chi connectivity index (χ1) is 14.4. The number of benzene rings is 2. The summed E-state index contributed by atoms with van der Waals surface area (Å²) in [6, 6.07) is 10.5. The Kier molecular flexibility index (Phi) is 7.41. The number of amides is 1. The molecule has 156 valence electrons. The predicted molar refractivity (Wildman–Crippen MR) is 121 cm³/mol. The third kappa shape index (κ3) is 5.78. The summed E-state index contributed by atoms with van der Waals surface area (Å²) < 4.78 is 11.1. The maximum Gasteiger partial charge on any atom is 0.341 e. The normalized spacial score (nSPS) is 16.0. The maximum atomic E-state index is 12.3. The number of carboxylic acids is 1. The first-order valence-corrected chi connectivity index (χ1v) is 10.7. The van der Waals surface area contributed by atoms with Crippen molar-refractivity contribution in [3.05, 3.63) is 56.4 Å². The van der Waals surface area contributed by atoms with Gasteiger partial charge in [-0.15, -0.1) is 0 Å². The number of ether oxygens (including phenoxy) is 2. The molecule has 0 aromatic heterocycles. The molecule has 2 aromatic carbocycles. The fraction of sp³-hybridized carbons (Fsp3) is 0.150. The zero-order valence-electron chi connectivity index (χ0n) is 15.6. The summed E-state index contributed by atoms with van der Waals surface area (Å²) in [6.45, 7) is 1.98. The molecule has 1 amide bonds. The highest BCUT2D eigenvalue weighted by molar-refractivity contribution is 9.10. The second-order valence-electron chi connectivity index (χ2n) is 5.90. The molecular formula is C20H16BrClN2O5S. The zero-order chi connectivity index (χ0) is 21.7. The van der Waals surface area contributed by atoms with Crippen molar-refractivity contribution >= 4 is 68.1 Å². The minimum atomic E-state index is -1.11. The Labute approximate surface area is 190 Å². The fourth-order valence-corrected chi connectivity index (χ4v) is 4.30. The van der Waals surface area contributed by atoms with Gasteiger partial charge in [0.25, 0.3) is 5.91 Å². The Balaban J connectivity index is 1.76. The number of nitrogens with zero attached hydrogens (tertiary/aromatic N) is 1. The number of aliphatic carboxylic acids is 1. The molecule has 2 N–H and O–H groups in total. The average molecular weight is 512 g/mol. The molecule has 3 rings (SSSR count). The number of halogens is 2. The van der Waals surface area contributed by atoms with Crippen molar-refractivity contribution in [2.75, 3.05) is 13.2 Å². The molecule has 1 aliphatic rings. The number of nitrogens with one attached hydrogen (secondary N) is 1. The molecule has 0 unspecified atom stereocenters. The van der Waals surface area contributed by atoms with Crippen molar-refractivity contribution in [1.82, 2.24) is 5.32 Å². The molecule has 1 saturated heterocycles. The molecule has 1 fully saturated rings. The van der Waals surface area contributed by atoms with Crippen LogP contribution in [-0.4, -0.2) is 35.4 Å². The molecule has 0 radical (unpaired) electrons. The predicted octanol–water partition coefficient (Wildman–Crippen LogP) is 4.86. The number of hydrogen-bond acceptors (Lipinski definition) is 6. The van der Waals surface area contributed by atoms with Gasteiger partial charge < -0.3 is 19.9 Å². The van der Waals surface area contributed by atoms with E-state index in [2.05, 4.69) is 26.2 Å². The number of carbonyl (C=O) groups excluding carboxylic acids is 1. The Morgan fingerprint density at radius 3 is 2.67 bits per heavy atom. The second kappa shape index (κ2) is 10.0. The van der Waals surface area contributed by atoms with Crippen LogP contribution in [-0.2, 0) is 9.59 Å². The Bertz CT molecular complexity index is 1020. The van der Waals surface area contributed by atoms with Crippen LogP contribution in [0.4, 0.5) is 5.69 Å². The molecule has 0 saturated carbocycles. The largest absolute Gasteiger partial charge is 0.494 e. The Hall–Kier alpha value is -2.49.